The van der Waals surface area contributed by atoms with E-state index in [4.69, 9.17) is 14.7 Å². The van der Waals surface area contributed by atoms with Gasteiger partial charge in [0.1, 0.15) is 25.1 Å². The second-order valence-electron chi connectivity index (χ2n) is 8.90. The number of hydrogen-bond acceptors (Lipinski definition) is 6. The summed E-state index contributed by atoms with van der Waals surface area (Å²) >= 11 is 0. The summed E-state index contributed by atoms with van der Waals surface area (Å²) in [6.07, 6.45) is 4.52. The van der Waals surface area contributed by atoms with E-state index in [1.54, 1.807) is 0 Å². The maximum Gasteiger partial charge on any atom is 0.117 e. The van der Waals surface area contributed by atoms with Crippen LogP contribution in [0.15, 0.2) is 83.1 Å². The molecule has 182 valence electrons. The molecule has 4 aromatic rings. The third-order valence-corrected chi connectivity index (χ3v) is 6.42. The molecule has 0 bridgehead atoms. The van der Waals surface area contributed by atoms with E-state index in [-0.39, 0.29) is 0 Å². The van der Waals surface area contributed by atoms with Gasteiger partial charge in [-0.3, -0.25) is 4.98 Å². The van der Waals surface area contributed by atoms with Crippen LogP contribution in [0.1, 0.15) is 48.8 Å². The molecule has 36 heavy (non-hydrogen) atoms. The van der Waals surface area contributed by atoms with Crippen molar-refractivity contribution in [2.45, 2.75) is 39.0 Å². The Morgan fingerprint density at radius 2 is 1.75 bits per heavy atom. The predicted molar refractivity (Wildman–Crippen MR) is 144 cm³/mol. The third kappa shape index (κ3) is 5.13. The van der Waals surface area contributed by atoms with Gasteiger partial charge in [-0.15, -0.1) is 0 Å². The number of hydrogen-bond donors (Lipinski definition) is 0. The molecule has 0 radical (unpaired) electrons. The summed E-state index contributed by atoms with van der Waals surface area (Å²) < 4.78 is 0. The molecule has 1 aliphatic carbocycles. The number of rotatable bonds is 8. The van der Waals surface area contributed by atoms with Crippen molar-refractivity contribution in [3.8, 4) is 11.1 Å². The Balaban J connectivity index is 1.33. The van der Waals surface area contributed by atoms with Gasteiger partial charge < -0.3 is 9.68 Å². The van der Waals surface area contributed by atoms with Gasteiger partial charge in [0, 0.05) is 11.1 Å². The number of oxime groups is 2. The van der Waals surface area contributed by atoms with Crippen molar-refractivity contribution in [1.82, 2.24) is 9.97 Å². The molecule has 2 heterocycles. The number of fused-ring (bicyclic) bond motifs is 2. The molecule has 0 unspecified atom stereocenters. The molecule has 6 nitrogen and oxygen atoms in total. The number of pyridine rings is 2. The lowest BCUT2D eigenvalue weighted by atomic mass is 9.86. The van der Waals surface area contributed by atoms with Crippen LogP contribution in [0.25, 0.3) is 22.0 Å². The fourth-order valence-electron chi connectivity index (χ4n) is 4.75. The van der Waals surface area contributed by atoms with Crippen LogP contribution in [0.2, 0.25) is 0 Å². The highest BCUT2D eigenvalue weighted by Crippen LogP contribution is 2.36. The Morgan fingerprint density at radius 1 is 0.917 bits per heavy atom. The van der Waals surface area contributed by atoms with Crippen molar-refractivity contribution in [2.75, 3.05) is 13.7 Å². The minimum absolute atomic E-state index is 0.523. The number of para-hydroxylation sites is 1. The van der Waals surface area contributed by atoms with E-state index in [9.17, 15) is 0 Å². The molecule has 1 aliphatic rings. The first-order valence-electron chi connectivity index (χ1n) is 12.4. The summed E-state index contributed by atoms with van der Waals surface area (Å²) in [5.74, 6) is 0. The molecule has 0 fully saturated rings. The van der Waals surface area contributed by atoms with Gasteiger partial charge >= 0.3 is 0 Å². The molecule has 0 saturated heterocycles. The SMILES string of the molecule is CON=C(C)c1cccc(CCCON=C2CCCc3c2nc2ccccc2c3-c2ccccc2)n1. The standard InChI is InChI=1S/C30H30N4O2/c1-21(33-35-2)26-18-8-13-23(31-26)14-10-20-36-34-28-19-9-16-25-29(22-11-4-3-5-12-22)24-15-6-7-17-27(24)32-30(25)28/h3-8,11-13,15,17-18H,9-10,14,16,19-20H2,1-2H3. The van der Waals surface area contributed by atoms with Gasteiger partial charge in [-0.1, -0.05) is 64.9 Å². The fourth-order valence-corrected chi connectivity index (χ4v) is 4.75. The lowest BCUT2D eigenvalue weighted by Gasteiger charge is -2.22. The largest absolute Gasteiger partial charge is 0.399 e. The maximum atomic E-state index is 5.80. The Kier molecular flexibility index (Phi) is 7.31. The van der Waals surface area contributed by atoms with Gasteiger partial charge in [0.25, 0.3) is 0 Å². The minimum Gasteiger partial charge on any atom is -0.399 e. The van der Waals surface area contributed by atoms with Crippen LogP contribution in [0, 0.1) is 0 Å². The second kappa shape index (κ2) is 11.1. The first-order valence-corrected chi connectivity index (χ1v) is 12.4. The quantitative estimate of drug-likeness (QED) is 0.168. The Morgan fingerprint density at radius 3 is 2.61 bits per heavy atom. The van der Waals surface area contributed by atoms with Gasteiger partial charge in [-0.2, -0.15) is 0 Å². The number of aromatic nitrogens is 2. The summed E-state index contributed by atoms with van der Waals surface area (Å²) in [7, 11) is 1.54. The summed E-state index contributed by atoms with van der Waals surface area (Å²) in [5.41, 5.74) is 9.22. The Hall–Kier alpha value is -4.06. The van der Waals surface area contributed by atoms with Crippen molar-refractivity contribution < 1.29 is 9.68 Å². The second-order valence-corrected chi connectivity index (χ2v) is 8.90. The number of benzene rings is 2. The van der Waals surface area contributed by atoms with Crippen LogP contribution in [0.5, 0.6) is 0 Å². The summed E-state index contributed by atoms with van der Waals surface area (Å²) in [5, 5.41) is 9.72. The zero-order valence-electron chi connectivity index (χ0n) is 20.8. The topological polar surface area (TPSA) is 69.0 Å². The zero-order chi connectivity index (χ0) is 24.7. The van der Waals surface area contributed by atoms with Crippen molar-refractivity contribution in [1.29, 1.82) is 0 Å². The number of aryl methyl sites for hydroxylation is 1. The van der Waals surface area contributed by atoms with Gasteiger partial charge in [-0.25, -0.2) is 4.98 Å². The molecule has 0 amide bonds. The molecule has 2 aromatic heterocycles. The molecular formula is C30H30N4O2. The van der Waals surface area contributed by atoms with Crippen molar-refractivity contribution in [2.24, 2.45) is 10.3 Å². The lowest BCUT2D eigenvalue weighted by Crippen LogP contribution is -2.16. The Labute approximate surface area is 211 Å². The van der Waals surface area contributed by atoms with Crippen LogP contribution in [-0.2, 0) is 22.5 Å². The molecule has 0 aliphatic heterocycles. The lowest BCUT2D eigenvalue weighted by molar-refractivity contribution is 0.141. The average Bonchev–Trinajstić information content (AvgIpc) is 2.92. The first-order chi connectivity index (χ1) is 17.7. The van der Waals surface area contributed by atoms with Crippen molar-refractivity contribution >= 4 is 22.3 Å². The van der Waals surface area contributed by atoms with E-state index in [2.05, 4.69) is 63.8 Å². The molecule has 5 rings (SSSR count). The number of nitrogens with zero attached hydrogens (tertiary/aromatic N) is 4. The van der Waals surface area contributed by atoms with Crippen LogP contribution in [0.3, 0.4) is 0 Å². The zero-order valence-corrected chi connectivity index (χ0v) is 20.8. The molecule has 0 atom stereocenters. The molecule has 0 spiro atoms. The van der Waals surface area contributed by atoms with Gasteiger partial charge in [0.05, 0.1) is 16.9 Å². The molecule has 2 aromatic carbocycles. The Bertz CT molecular complexity index is 1410. The smallest absolute Gasteiger partial charge is 0.117 e. The predicted octanol–water partition coefficient (Wildman–Crippen LogP) is 6.36. The third-order valence-electron chi connectivity index (χ3n) is 6.42. The molecule has 0 saturated carbocycles. The van der Waals surface area contributed by atoms with Gasteiger partial charge in [0.2, 0.25) is 0 Å². The average molecular weight is 479 g/mol. The summed E-state index contributed by atoms with van der Waals surface area (Å²) in [6, 6.07) is 24.9. The van der Waals surface area contributed by atoms with E-state index in [0.29, 0.717) is 6.61 Å². The van der Waals surface area contributed by atoms with E-state index < -0.39 is 0 Å². The minimum atomic E-state index is 0.523. The van der Waals surface area contributed by atoms with E-state index in [1.807, 2.05) is 31.2 Å². The van der Waals surface area contributed by atoms with Crippen molar-refractivity contribution in [3.05, 3.63) is 95.4 Å². The monoisotopic (exact) mass is 478 g/mol. The van der Waals surface area contributed by atoms with E-state index in [0.717, 1.165) is 66.1 Å². The van der Waals surface area contributed by atoms with E-state index >= 15 is 0 Å². The van der Waals surface area contributed by atoms with E-state index in [1.165, 1.54) is 29.2 Å². The van der Waals surface area contributed by atoms with Crippen LogP contribution in [-0.4, -0.2) is 35.1 Å². The first kappa shape index (κ1) is 23.7. The maximum absolute atomic E-state index is 5.80. The molecular weight excluding hydrogens is 448 g/mol. The van der Waals surface area contributed by atoms with Gasteiger partial charge in [0.15, 0.2) is 0 Å². The van der Waals surface area contributed by atoms with Gasteiger partial charge in [-0.05, 0) is 73.9 Å². The molecule has 6 heteroatoms. The van der Waals surface area contributed by atoms with Crippen LogP contribution in [0.4, 0.5) is 0 Å². The highest BCUT2D eigenvalue weighted by Gasteiger charge is 2.23. The molecule has 0 N–H and O–H groups in total. The van der Waals surface area contributed by atoms with Crippen LogP contribution < -0.4 is 0 Å². The summed E-state index contributed by atoms with van der Waals surface area (Å²) in [4.78, 5) is 20.4. The summed E-state index contributed by atoms with van der Waals surface area (Å²) in [6.45, 7) is 2.41. The van der Waals surface area contributed by atoms with Crippen LogP contribution >= 0.6 is 0 Å². The van der Waals surface area contributed by atoms with Crippen molar-refractivity contribution in [3.63, 3.8) is 0 Å². The highest BCUT2D eigenvalue weighted by molar-refractivity contribution is 6.07. The normalized spacial score (nSPS) is 14.6. The fraction of sp³-hybridized carbons (Fsp3) is 0.267. The highest BCUT2D eigenvalue weighted by atomic mass is 16.6.